The van der Waals surface area contributed by atoms with Gasteiger partial charge in [0.05, 0.1) is 10.6 Å². The second-order valence-electron chi connectivity index (χ2n) is 5.60. The van der Waals surface area contributed by atoms with Crippen LogP contribution in [0.1, 0.15) is 43.5 Å². The fourth-order valence-electron chi connectivity index (χ4n) is 2.45. The molecule has 2 rings (SSSR count). The number of nitrogens with zero attached hydrogens (tertiary/aromatic N) is 1. The van der Waals surface area contributed by atoms with Crippen molar-refractivity contribution in [3.63, 3.8) is 0 Å². The first-order valence-electron chi connectivity index (χ1n) is 6.03. The zero-order valence-electron chi connectivity index (χ0n) is 10.5. The number of halogens is 1. The van der Waals surface area contributed by atoms with E-state index < -0.39 is 5.97 Å². The molecule has 0 bridgehead atoms. The second kappa shape index (κ2) is 4.76. The van der Waals surface area contributed by atoms with Crippen molar-refractivity contribution in [1.29, 1.82) is 0 Å². The molecule has 1 aliphatic carbocycles. The summed E-state index contributed by atoms with van der Waals surface area (Å²) in [5.41, 5.74) is 0.436. The van der Waals surface area contributed by atoms with Crippen LogP contribution in [0.25, 0.3) is 0 Å². The Morgan fingerprint density at radius 2 is 2.33 bits per heavy atom. The Kier molecular flexibility index (Phi) is 3.48. The lowest BCUT2D eigenvalue weighted by molar-refractivity contribution is 0.0697. The molecule has 1 heterocycles. The van der Waals surface area contributed by atoms with Crippen molar-refractivity contribution in [2.75, 3.05) is 5.32 Å². The summed E-state index contributed by atoms with van der Waals surface area (Å²) in [5.74, 6) is -0.447. The number of hydrogen-bond acceptors (Lipinski definition) is 3. The van der Waals surface area contributed by atoms with Crippen molar-refractivity contribution in [2.45, 2.75) is 39.2 Å². The first-order chi connectivity index (χ1) is 8.37. The van der Waals surface area contributed by atoms with Crippen molar-refractivity contribution in [3.05, 3.63) is 22.8 Å². The Bertz CT molecular complexity index is 474. The molecule has 1 saturated carbocycles. The number of hydrogen-bond donors (Lipinski definition) is 2. The van der Waals surface area contributed by atoms with Gasteiger partial charge in [0.25, 0.3) is 0 Å². The molecule has 0 saturated heterocycles. The number of carboxylic acid groups (broad SMARTS) is 1. The van der Waals surface area contributed by atoms with E-state index in [0.717, 1.165) is 12.8 Å². The summed E-state index contributed by atoms with van der Waals surface area (Å²) in [6.45, 7) is 4.49. The number of nitrogens with one attached hydrogen (secondary N) is 1. The third-order valence-corrected chi connectivity index (χ3v) is 3.71. The quantitative estimate of drug-likeness (QED) is 0.882. The highest BCUT2D eigenvalue weighted by molar-refractivity contribution is 6.33. The predicted molar refractivity (Wildman–Crippen MR) is 71.2 cm³/mol. The number of pyridine rings is 1. The molecular weight excluding hydrogens is 252 g/mol. The average molecular weight is 269 g/mol. The van der Waals surface area contributed by atoms with Crippen LogP contribution in [0.5, 0.6) is 0 Å². The number of aromatic carboxylic acids is 1. The number of rotatable bonds is 3. The van der Waals surface area contributed by atoms with E-state index in [1.165, 1.54) is 18.7 Å². The van der Waals surface area contributed by atoms with Gasteiger partial charge in [-0.25, -0.2) is 9.78 Å². The maximum atomic E-state index is 11.0. The van der Waals surface area contributed by atoms with E-state index in [4.69, 9.17) is 16.7 Å². The van der Waals surface area contributed by atoms with Crippen molar-refractivity contribution < 1.29 is 9.90 Å². The molecule has 98 valence electrons. The van der Waals surface area contributed by atoms with Crippen molar-refractivity contribution in [3.8, 4) is 0 Å². The molecule has 0 amide bonds. The first kappa shape index (κ1) is 13.1. The molecule has 0 radical (unpaired) electrons. The molecule has 1 atom stereocenters. The normalized spacial score (nSPS) is 21.8. The van der Waals surface area contributed by atoms with E-state index in [2.05, 4.69) is 24.1 Å². The molecule has 18 heavy (non-hydrogen) atoms. The number of aromatic nitrogens is 1. The minimum Gasteiger partial charge on any atom is -0.478 e. The topological polar surface area (TPSA) is 62.2 Å². The highest BCUT2D eigenvalue weighted by atomic mass is 35.5. The van der Waals surface area contributed by atoms with Gasteiger partial charge in [0.1, 0.15) is 5.82 Å². The van der Waals surface area contributed by atoms with Crippen LogP contribution in [0.4, 0.5) is 5.82 Å². The van der Waals surface area contributed by atoms with E-state index >= 15 is 0 Å². The lowest BCUT2D eigenvalue weighted by atomic mass is 9.92. The smallest absolute Gasteiger partial charge is 0.337 e. The molecule has 4 nitrogen and oxygen atoms in total. The Morgan fingerprint density at radius 1 is 1.61 bits per heavy atom. The summed E-state index contributed by atoms with van der Waals surface area (Å²) in [5, 5.41) is 12.4. The third-order valence-electron chi connectivity index (χ3n) is 3.41. The highest BCUT2D eigenvalue weighted by Crippen LogP contribution is 2.38. The standard InChI is InChI=1S/C13H17ClN2O2/c1-13(2)4-3-8(6-13)16-11-5-9(12(17)18)10(14)7-15-11/h5,7-8H,3-4,6H2,1-2H3,(H,15,16)(H,17,18). The summed E-state index contributed by atoms with van der Waals surface area (Å²) in [6.07, 6.45) is 4.71. The van der Waals surface area contributed by atoms with E-state index in [0.29, 0.717) is 17.3 Å². The lowest BCUT2D eigenvalue weighted by Gasteiger charge is -2.18. The molecule has 1 aromatic rings. The van der Waals surface area contributed by atoms with Gasteiger partial charge >= 0.3 is 5.97 Å². The van der Waals surface area contributed by atoms with E-state index in [-0.39, 0.29) is 10.6 Å². The monoisotopic (exact) mass is 268 g/mol. The summed E-state index contributed by atoms with van der Waals surface area (Å²) < 4.78 is 0. The van der Waals surface area contributed by atoms with Crippen LogP contribution in [0.15, 0.2) is 12.3 Å². The Balaban J connectivity index is 2.11. The Hall–Kier alpha value is -1.29. The minimum absolute atomic E-state index is 0.0893. The molecule has 0 aliphatic heterocycles. The predicted octanol–water partition coefficient (Wildman–Crippen LogP) is 3.42. The molecule has 1 aliphatic rings. The zero-order chi connectivity index (χ0) is 13.3. The Morgan fingerprint density at radius 3 is 2.89 bits per heavy atom. The van der Waals surface area contributed by atoms with E-state index in [1.807, 2.05) is 0 Å². The number of anilines is 1. The van der Waals surface area contributed by atoms with Crippen LogP contribution in [-0.2, 0) is 0 Å². The SMILES string of the molecule is CC1(C)CCC(Nc2cc(C(=O)O)c(Cl)cn2)C1. The third kappa shape index (κ3) is 2.93. The summed E-state index contributed by atoms with van der Waals surface area (Å²) >= 11 is 5.78. The van der Waals surface area contributed by atoms with Crippen molar-refractivity contribution in [2.24, 2.45) is 5.41 Å². The molecule has 0 spiro atoms. The van der Waals surface area contributed by atoms with Crippen LogP contribution in [0, 0.1) is 5.41 Å². The molecule has 1 unspecified atom stereocenters. The molecule has 1 fully saturated rings. The second-order valence-corrected chi connectivity index (χ2v) is 6.01. The molecule has 2 N–H and O–H groups in total. The van der Waals surface area contributed by atoms with Gasteiger partial charge in [-0.15, -0.1) is 0 Å². The molecule has 0 aromatic carbocycles. The van der Waals surface area contributed by atoms with Crippen molar-refractivity contribution in [1.82, 2.24) is 4.98 Å². The van der Waals surface area contributed by atoms with Gasteiger partial charge in [-0.05, 0) is 30.7 Å². The maximum absolute atomic E-state index is 11.0. The van der Waals surface area contributed by atoms with Crippen LogP contribution >= 0.6 is 11.6 Å². The molecule has 1 aromatic heterocycles. The van der Waals surface area contributed by atoms with Gasteiger partial charge in [0, 0.05) is 12.2 Å². The van der Waals surface area contributed by atoms with Gasteiger partial charge in [0.15, 0.2) is 0 Å². The molecular formula is C13H17ClN2O2. The minimum atomic E-state index is -1.03. The fourth-order valence-corrected chi connectivity index (χ4v) is 2.63. The van der Waals surface area contributed by atoms with E-state index in [9.17, 15) is 4.79 Å². The first-order valence-corrected chi connectivity index (χ1v) is 6.40. The van der Waals surface area contributed by atoms with Crippen LogP contribution < -0.4 is 5.32 Å². The highest BCUT2D eigenvalue weighted by Gasteiger charge is 2.31. The summed E-state index contributed by atoms with van der Waals surface area (Å²) in [4.78, 5) is 15.1. The van der Waals surface area contributed by atoms with Gasteiger partial charge in [0.2, 0.25) is 0 Å². The van der Waals surface area contributed by atoms with Gasteiger partial charge in [-0.1, -0.05) is 25.4 Å². The van der Waals surface area contributed by atoms with Crippen LogP contribution in [0.3, 0.4) is 0 Å². The summed E-state index contributed by atoms with van der Waals surface area (Å²) in [7, 11) is 0. The van der Waals surface area contributed by atoms with Crippen molar-refractivity contribution >= 4 is 23.4 Å². The maximum Gasteiger partial charge on any atom is 0.337 e. The average Bonchev–Trinajstić information content (AvgIpc) is 2.60. The number of carbonyl (C=O) groups is 1. The Labute approximate surface area is 111 Å². The largest absolute Gasteiger partial charge is 0.478 e. The van der Waals surface area contributed by atoms with E-state index in [1.54, 1.807) is 0 Å². The van der Waals surface area contributed by atoms with Gasteiger partial charge in [-0.3, -0.25) is 0 Å². The number of carboxylic acids is 1. The van der Waals surface area contributed by atoms with Crippen LogP contribution in [0.2, 0.25) is 5.02 Å². The summed E-state index contributed by atoms with van der Waals surface area (Å²) in [6, 6.07) is 1.85. The van der Waals surface area contributed by atoms with Gasteiger partial charge < -0.3 is 10.4 Å². The van der Waals surface area contributed by atoms with Gasteiger partial charge in [-0.2, -0.15) is 0 Å². The fraction of sp³-hybridized carbons (Fsp3) is 0.538. The molecule has 5 heteroatoms. The zero-order valence-corrected chi connectivity index (χ0v) is 11.3. The van der Waals surface area contributed by atoms with Crippen LogP contribution in [-0.4, -0.2) is 22.1 Å². The lowest BCUT2D eigenvalue weighted by Crippen LogP contribution is -2.18.